The molecule has 22 heavy (non-hydrogen) atoms. The smallest absolute Gasteiger partial charge is 0.192 e. The summed E-state index contributed by atoms with van der Waals surface area (Å²) < 4.78 is 115. The van der Waals surface area contributed by atoms with E-state index in [1.54, 1.807) is 0 Å². The summed E-state index contributed by atoms with van der Waals surface area (Å²) in [4.78, 5) is 0. The second-order valence-corrected chi connectivity index (χ2v) is 4.39. The maximum Gasteiger partial charge on any atom is 0.412 e. The molecule has 0 aromatic heterocycles. The standard InChI is InChI=1S/C12H6F9N/c13-10(14,15)9(11(16,17)18,12(19,20)21)5-7-2-1-3-8(4-7)6-22/h1-4H,5H2. The number of rotatable bonds is 2. The van der Waals surface area contributed by atoms with Crippen molar-refractivity contribution < 1.29 is 39.5 Å². The Balaban J connectivity index is 3.54. The van der Waals surface area contributed by atoms with Gasteiger partial charge in [0.2, 0.25) is 0 Å². The second-order valence-electron chi connectivity index (χ2n) is 4.39. The highest BCUT2D eigenvalue weighted by Gasteiger charge is 2.83. The van der Waals surface area contributed by atoms with Crippen molar-refractivity contribution in [3.63, 3.8) is 0 Å². The first-order valence-corrected chi connectivity index (χ1v) is 5.45. The molecule has 1 aromatic carbocycles. The van der Waals surface area contributed by atoms with Crippen LogP contribution in [0.4, 0.5) is 39.5 Å². The number of benzene rings is 1. The van der Waals surface area contributed by atoms with Crippen LogP contribution < -0.4 is 0 Å². The van der Waals surface area contributed by atoms with E-state index in [9.17, 15) is 39.5 Å². The zero-order valence-corrected chi connectivity index (χ0v) is 10.4. The van der Waals surface area contributed by atoms with Crippen molar-refractivity contribution in [1.82, 2.24) is 0 Å². The van der Waals surface area contributed by atoms with Crippen LogP contribution >= 0.6 is 0 Å². The molecular weight excluding hydrogens is 329 g/mol. The number of nitriles is 1. The average molecular weight is 335 g/mol. The lowest BCUT2D eigenvalue weighted by Gasteiger charge is -2.38. The third-order valence-corrected chi connectivity index (χ3v) is 2.98. The van der Waals surface area contributed by atoms with E-state index in [1.807, 2.05) is 0 Å². The average Bonchev–Trinajstić information content (AvgIpc) is 2.31. The van der Waals surface area contributed by atoms with Crippen molar-refractivity contribution in [3.8, 4) is 6.07 Å². The molecule has 122 valence electrons. The highest BCUT2D eigenvalue weighted by molar-refractivity contribution is 5.33. The molecule has 0 aliphatic heterocycles. The Morgan fingerprint density at radius 3 is 1.64 bits per heavy atom. The Morgan fingerprint density at radius 1 is 0.818 bits per heavy atom. The van der Waals surface area contributed by atoms with E-state index in [0.29, 0.717) is 12.1 Å². The molecule has 0 saturated carbocycles. The van der Waals surface area contributed by atoms with Crippen LogP contribution in [0.25, 0.3) is 0 Å². The minimum Gasteiger partial charge on any atom is -0.192 e. The number of hydrogen-bond donors (Lipinski definition) is 0. The number of alkyl halides is 9. The Labute approximate surface area is 118 Å². The molecule has 1 aromatic rings. The van der Waals surface area contributed by atoms with Crippen molar-refractivity contribution in [2.45, 2.75) is 24.9 Å². The lowest BCUT2D eigenvalue weighted by molar-refractivity contribution is -0.426. The Hall–Kier alpha value is -1.92. The second kappa shape index (κ2) is 5.37. The van der Waals surface area contributed by atoms with Gasteiger partial charge in [-0.25, -0.2) is 0 Å². The van der Waals surface area contributed by atoms with Crippen molar-refractivity contribution >= 4 is 0 Å². The van der Waals surface area contributed by atoms with Crippen LogP contribution in [0.3, 0.4) is 0 Å². The summed E-state index contributed by atoms with van der Waals surface area (Å²) >= 11 is 0. The fraction of sp³-hybridized carbons (Fsp3) is 0.417. The van der Waals surface area contributed by atoms with Crippen LogP contribution in [-0.4, -0.2) is 18.5 Å². The molecule has 0 saturated heterocycles. The van der Waals surface area contributed by atoms with Gasteiger partial charge in [0.05, 0.1) is 11.6 Å². The molecule has 1 rings (SSSR count). The van der Waals surface area contributed by atoms with Crippen LogP contribution in [0, 0.1) is 16.7 Å². The highest BCUT2D eigenvalue weighted by atomic mass is 19.4. The molecule has 0 aliphatic rings. The topological polar surface area (TPSA) is 23.8 Å². The van der Waals surface area contributed by atoms with Gasteiger partial charge in [0.25, 0.3) is 5.41 Å². The molecule has 0 fully saturated rings. The van der Waals surface area contributed by atoms with Crippen LogP contribution in [-0.2, 0) is 6.42 Å². The van der Waals surface area contributed by atoms with Crippen molar-refractivity contribution in [1.29, 1.82) is 5.26 Å². The molecule has 0 heterocycles. The Morgan fingerprint density at radius 2 is 1.27 bits per heavy atom. The zero-order valence-electron chi connectivity index (χ0n) is 10.4. The van der Waals surface area contributed by atoms with Gasteiger partial charge in [-0.1, -0.05) is 12.1 Å². The maximum atomic E-state index is 12.7. The third-order valence-electron chi connectivity index (χ3n) is 2.98. The van der Waals surface area contributed by atoms with Crippen LogP contribution in [0.15, 0.2) is 24.3 Å². The molecule has 0 aliphatic carbocycles. The third kappa shape index (κ3) is 2.98. The van der Waals surface area contributed by atoms with E-state index in [-0.39, 0.29) is 5.56 Å². The van der Waals surface area contributed by atoms with Crippen LogP contribution in [0.1, 0.15) is 11.1 Å². The Kier molecular flexibility index (Phi) is 4.43. The summed E-state index contributed by atoms with van der Waals surface area (Å²) in [7, 11) is 0. The first kappa shape index (κ1) is 18.1. The van der Waals surface area contributed by atoms with Gasteiger partial charge >= 0.3 is 18.5 Å². The molecular formula is C12H6F9N. The largest absolute Gasteiger partial charge is 0.412 e. The summed E-state index contributed by atoms with van der Waals surface area (Å²) in [5, 5.41) is 8.52. The fourth-order valence-corrected chi connectivity index (χ4v) is 1.84. The van der Waals surface area contributed by atoms with E-state index >= 15 is 0 Å². The van der Waals surface area contributed by atoms with Gasteiger partial charge in [-0.15, -0.1) is 0 Å². The lowest BCUT2D eigenvalue weighted by Crippen LogP contribution is -2.60. The van der Waals surface area contributed by atoms with E-state index in [4.69, 9.17) is 5.26 Å². The van der Waals surface area contributed by atoms with Gasteiger partial charge in [-0.05, 0) is 17.7 Å². The van der Waals surface area contributed by atoms with Gasteiger partial charge in [0.15, 0.2) is 0 Å². The van der Waals surface area contributed by atoms with Crippen molar-refractivity contribution in [3.05, 3.63) is 35.4 Å². The van der Waals surface area contributed by atoms with Gasteiger partial charge in [-0.2, -0.15) is 44.8 Å². The molecule has 0 amide bonds. The molecule has 1 nitrogen and oxygen atoms in total. The molecule has 10 heteroatoms. The molecule has 0 bridgehead atoms. The molecule has 0 atom stereocenters. The number of halogens is 9. The summed E-state index contributed by atoms with van der Waals surface area (Å²) in [5.41, 5.74) is -7.15. The van der Waals surface area contributed by atoms with Gasteiger partial charge < -0.3 is 0 Å². The normalized spacial score (nSPS) is 13.8. The summed E-state index contributed by atoms with van der Waals surface area (Å²) in [6.07, 6.45) is -22.2. The molecule has 0 N–H and O–H groups in total. The number of nitrogens with zero attached hydrogens (tertiary/aromatic N) is 1. The highest BCUT2D eigenvalue weighted by Crippen LogP contribution is 2.60. The first-order valence-electron chi connectivity index (χ1n) is 5.45. The van der Waals surface area contributed by atoms with E-state index in [1.165, 1.54) is 6.07 Å². The van der Waals surface area contributed by atoms with Crippen molar-refractivity contribution in [2.24, 2.45) is 5.41 Å². The van der Waals surface area contributed by atoms with Gasteiger partial charge in [0, 0.05) is 6.42 Å². The lowest BCUT2D eigenvalue weighted by atomic mass is 9.79. The summed E-state index contributed by atoms with van der Waals surface area (Å²) in [6.45, 7) is 0. The van der Waals surface area contributed by atoms with Crippen LogP contribution in [0.5, 0.6) is 0 Å². The minimum absolute atomic E-state index is 0.349. The zero-order chi connectivity index (χ0) is 17.4. The summed E-state index contributed by atoms with van der Waals surface area (Å²) in [5.74, 6) is 0. The van der Waals surface area contributed by atoms with Gasteiger partial charge in [-0.3, -0.25) is 0 Å². The number of hydrogen-bond acceptors (Lipinski definition) is 1. The fourth-order valence-electron chi connectivity index (χ4n) is 1.84. The maximum absolute atomic E-state index is 12.7. The summed E-state index contributed by atoms with van der Waals surface area (Å²) in [6, 6.07) is 4.59. The molecule has 0 radical (unpaired) electrons. The van der Waals surface area contributed by atoms with Gasteiger partial charge in [0.1, 0.15) is 0 Å². The molecule has 0 spiro atoms. The molecule has 0 unspecified atom stereocenters. The Bertz CT molecular complexity index is 538. The van der Waals surface area contributed by atoms with E-state index < -0.39 is 35.9 Å². The predicted octanol–water partition coefficient (Wildman–Crippen LogP) is 4.77. The van der Waals surface area contributed by atoms with Crippen molar-refractivity contribution in [2.75, 3.05) is 0 Å². The first-order chi connectivity index (χ1) is 9.76. The van der Waals surface area contributed by atoms with Crippen LogP contribution in [0.2, 0.25) is 0 Å². The minimum atomic E-state index is -6.61. The quantitative estimate of drug-likeness (QED) is 0.714. The van der Waals surface area contributed by atoms with E-state index in [2.05, 4.69) is 0 Å². The SMILES string of the molecule is N#Cc1cccc(CC(C(F)(F)F)(C(F)(F)F)C(F)(F)F)c1. The van der Waals surface area contributed by atoms with E-state index in [0.717, 1.165) is 12.1 Å². The predicted molar refractivity (Wildman–Crippen MR) is 55.5 cm³/mol. The monoisotopic (exact) mass is 335 g/mol.